The van der Waals surface area contributed by atoms with Gasteiger partial charge in [0.1, 0.15) is 5.76 Å². The van der Waals surface area contributed by atoms with Crippen LogP contribution in [0.3, 0.4) is 0 Å². The van der Waals surface area contributed by atoms with E-state index in [0.29, 0.717) is 12.2 Å². The summed E-state index contributed by atoms with van der Waals surface area (Å²) in [7, 11) is 1.50. The third-order valence-electron chi connectivity index (χ3n) is 2.05. The normalized spacial score (nSPS) is 22.8. The summed E-state index contributed by atoms with van der Waals surface area (Å²) >= 11 is 0. The average molecular weight is 182 g/mol. The lowest BCUT2D eigenvalue weighted by molar-refractivity contribution is 0.281. The lowest BCUT2D eigenvalue weighted by Crippen LogP contribution is -1.87. The third kappa shape index (κ3) is 3.05. The molecule has 0 radical (unpaired) electrons. The number of hydrogen-bond donors (Lipinski definition) is 0. The average Bonchev–Trinajstić information content (AvgIpc) is 2.20. The topological polar surface area (TPSA) is 9.23 Å². The van der Waals surface area contributed by atoms with Gasteiger partial charge in [-0.15, -0.1) is 0 Å². The Morgan fingerprint density at radius 3 is 2.62 bits per heavy atom. The van der Waals surface area contributed by atoms with Gasteiger partial charge in [-0.05, 0) is 38.3 Å². The lowest BCUT2D eigenvalue weighted by Gasteiger charge is -2.02. The zero-order chi connectivity index (χ0) is 9.68. The molecule has 2 heteroatoms. The first kappa shape index (κ1) is 10.0. The van der Waals surface area contributed by atoms with E-state index < -0.39 is 0 Å². The zero-order valence-electron chi connectivity index (χ0n) is 8.14. The van der Waals surface area contributed by atoms with Crippen LogP contribution in [-0.4, -0.2) is 7.11 Å². The first-order chi connectivity index (χ1) is 6.24. The largest absolute Gasteiger partial charge is 0.494 e. The Bertz CT molecular complexity index is 261. The smallest absolute Gasteiger partial charge is 0.161 e. The maximum atomic E-state index is 13.3. The molecule has 0 amide bonds. The van der Waals surface area contributed by atoms with Crippen molar-refractivity contribution in [1.29, 1.82) is 0 Å². The molecule has 0 unspecified atom stereocenters. The van der Waals surface area contributed by atoms with Crippen LogP contribution in [0.4, 0.5) is 4.39 Å². The van der Waals surface area contributed by atoms with Gasteiger partial charge in [0.05, 0.1) is 7.11 Å². The second kappa shape index (κ2) is 4.85. The van der Waals surface area contributed by atoms with Gasteiger partial charge in [-0.25, -0.2) is 4.39 Å². The highest BCUT2D eigenvalue weighted by Crippen LogP contribution is 2.18. The predicted molar refractivity (Wildman–Crippen MR) is 51.9 cm³/mol. The van der Waals surface area contributed by atoms with Gasteiger partial charge in [0, 0.05) is 0 Å². The molecule has 72 valence electrons. The van der Waals surface area contributed by atoms with Crippen LogP contribution in [-0.2, 0) is 4.74 Å². The van der Waals surface area contributed by atoms with Crippen molar-refractivity contribution in [2.75, 3.05) is 7.11 Å². The first-order valence-electron chi connectivity index (χ1n) is 4.50. The highest BCUT2D eigenvalue weighted by atomic mass is 19.1. The molecule has 0 bridgehead atoms. The van der Waals surface area contributed by atoms with E-state index in [9.17, 15) is 4.39 Å². The Labute approximate surface area is 78.6 Å². The summed E-state index contributed by atoms with van der Waals surface area (Å²) in [6, 6.07) is 0. The van der Waals surface area contributed by atoms with E-state index >= 15 is 0 Å². The van der Waals surface area contributed by atoms with Crippen molar-refractivity contribution in [2.45, 2.75) is 26.2 Å². The van der Waals surface area contributed by atoms with E-state index in [4.69, 9.17) is 4.74 Å². The molecule has 0 spiro atoms. The number of halogens is 1. The van der Waals surface area contributed by atoms with Gasteiger partial charge in [0.2, 0.25) is 0 Å². The molecule has 1 aliphatic rings. The van der Waals surface area contributed by atoms with Crippen LogP contribution >= 0.6 is 0 Å². The molecule has 0 N–H and O–H groups in total. The van der Waals surface area contributed by atoms with Crippen LogP contribution < -0.4 is 0 Å². The highest BCUT2D eigenvalue weighted by molar-refractivity contribution is 5.22. The zero-order valence-corrected chi connectivity index (χ0v) is 8.14. The highest BCUT2D eigenvalue weighted by Gasteiger charge is 2.04. The summed E-state index contributed by atoms with van der Waals surface area (Å²) in [4.78, 5) is 0. The molecule has 0 saturated carbocycles. The minimum Gasteiger partial charge on any atom is -0.494 e. The number of hydrogen-bond acceptors (Lipinski definition) is 1. The third-order valence-corrected chi connectivity index (χ3v) is 2.05. The van der Waals surface area contributed by atoms with Crippen LogP contribution in [0.25, 0.3) is 0 Å². The molecule has 1 rings (SSSR count). The molecule has 1 nitrogen and oxygen atoms in total. The quantitative estimate of drug-likeness (QED) is 0.564. The maximum absolute atomic E-state index is 13.3. The molecule has 0 atom stereocenters. The monoisotopic (exact) mass is 182 g/mol. The summed E-state index contributed by atoms with van der Waals surface area (Å²) in [5.74, 6) is 0.111. The number of ether oxygens (including phenoxy) is 1. The summed E-state index contributed by atoms with van der Waals surface area (Å²) in [5.41, 5.74) is 1.21. The van der Waals surface area contributed by atoms with Crippen molar-refractivity contribution >= 4 is 0 Å². The molecule has 0 heterocycles. The van der Waals surface area contributed by atoms with Crippen molar-refractivity contribution in [1.82, 2.24) is 0 Å². The van der Waals surface area contributed by atoms with Crippen molar-refractivity contribution in [2.24, 2.45) is 0 Å². The van der Waals surface area contributed by atoms with Gasteiger partial charge in [-0.1, -0.05) is 11.6 Å². The Morgan fingerprint density at radius 2 is 1.92 bits per heavy atom. The van der Waals surface area contributed by atoms with E-state index in [1.807, 2.05) is 6.92 Å². The first-order valence-corrected chi connectivity index (χ1v) is 4.50. The minimum absolute atomic E-state index is 0.253. The molecule has 0 aromatic heterocycles. The molecular formula is C11H15FO. The van der Waals surface area contributed by atoms with Gasteiger partial charge < -0.3 is 4.74 Å². The second-order valence-electron chi connectivity index (χ2n) is 3.16. The lowest BCUT2D eigenvalue weighted by atomic mass is 10.1. The van der Waals surface area contributed by atoms with Gasteiger partial charge in [-0.3, -0.25) is 0 Å². The molecule has 13 heavy (non-hydrogen) atoms. The SMILES string of the molecule is COC1=CCCC=C(C)C/C=C\1F. The van der Waals surface area contributed by atoms with Crippen molar-refractivity contribution in [3.8, 4) is 0 Å². The van der Waals surface area contributed by atoms with Gasteiger partial charge in [0.15, 0.2) is 5.83 Å². The van der Waals surface area contributed by atoms with Crippen LogP contribution in [0.1, 0.15) is 26.2 Å². The van der Waals surface area contributed by atoms with Crippen molar-refractivity contribution in [3.05, 3.63) is 35.4 Å². The Kier molecular flexibility index (Phi) is 3.74. The van der Waals surface area contributed by atoms with Crippen LogP contribution in [0, 0.1) is 0 Å². The number of rotatable bonds is 1. The van der Waals surface area contributed by atoms with E-state index in [0.717, 1.165) is 12.8 Å². The van der Waals surface area contributed by atoms with Crippen LogP contribution in [0.15, 0.2) is 35.4 Å². The molecule has 0 aromatic rings. The summed E-state index contributed by atoms with van der Waals surface area (Å²) in [5, 5.41) is 0. The fourth-order valence-corrected chi connectivity index (χ4v) is 1.26. The van der Waals surface area contributed by atoms with E-state index in [1.54, 1.807) is 12.2 Å². The molecule has 0 saturated heterocycles. The summed E-state index contributed by atoms with van der Waals surface area (Å²) in [6.45, 7) is 2.02. The molecular weight excluding hydrogens is 167 g/mol. The van der Waals surface area contributed by atoms with Crippen molar-refractivity contribution < 1.29 is 9.13 Å². The van der Waals surface area contributed by atoms with Crippen LogP contribution in [0.2, 0.25) is 0 Å². The van der Waals surface area contributed by atoms with Crippen molar-refractivity contribution in [3.63, 3.8) is 0 Å². The number of methoxy groups -OCH3 is 1. The van der Waals surface area contributed by atoms with Gasteiger partial charge >= 0.3 is 0 Å². The number of allylic oxidation sites excluding steroid dienone is 5. The second-order valence-corrected chi connectivity index (χ2v) is 3.16. The Balaban J connectivity index is 2.80. The van der Waals surface area contributed by atoms with E-state index in [2.05, 4.69) is 6.08 Å². The maximum Gasteiger partial charge on any atom is 0.161 e. The van der Waals surface area contributed by atoms with E-state index in [1.165, 1.54) is 12.7 Å². The van der Waals surface area contributed by atoms with Gasteiger partial charge in [-0.2, -0.15) is 0 Å². The standard InChI is InChI=1S/C11H15FO/c1-9-5-3-4-6-11(13-2)10(12)8-7-9/h5-6,8H,3-4,7H2,1-2H3/b9-5?,10-8+,11-6?. The Hall–Kier alpha value is -1.05. The summed E-state index contributed by atoms with van der Waals surface area (Å²) in [6.07, 6.45) is 7.96. The fraction of sp³-hybridized carbons (Fsp3) is 0.455. The Morgan fingerprint density at radius 1 is 1.23 bits per heavy atom. The molecule has 0 aliphatic heterocycles. The summed E-state index contributed by atoms with van der Waals surface area (Å²) < 4.78 is 18.2. The van der Waals surface area contributed by atoms with Gasteiger partial charge in [0.25, 0.3) is 0 Å². The van der Waals surface area contributed by atoms with E-state index in [-0.39, 0.29) is 5.83 Å². The molecule has 0 fully saturated rings. The molecule has 1 aliphatic carbocycles. The predicted octanol–water partition coefficient (Wildman–Crippen LogP) is 3.50. The minimum atomic E-state index is -0.253. The molecule has 0 aromatic carbocycles. The van der Waals surface area contributed by atoms with Crippen LogP contribution in [0.5, 0.6) is 0 Å². The fourth-order valence-electron chi connectivity index (χ4n) is 1.26.